The minimum absolute atomic E-state index is 0.0357. The van der Waals surface area contributed by atoms with Gasteiger partial charge in [0, 0.05) is 34.8 Å². The number of carbonyl (C=O) groups excluding carboxylic acids is 1. The maximum atomic E-state index is 15.7. The fourth-order valence-corrected chi connectivity index (χ4v) is 7.40. The van der Waals surface area contributed by atoms with Crippen molar-refractivity contribution in [1.82, 2.24) is 0 Å². The maximum Gasteiger partial charge on any atom is 0.167 e. The van der Waals surface area contributed by atoms with Crippen molar-refractivity contribution in [2.24, 2.45) is 5.92 Å². The summed E-state index contributed by atoms with van der Waals surface area (Å²) in [5.74, 6) is -1.07. The Hall–Kier alpha value is -4.33. The van der Waals surface area contributed by atoms with Gasteiger partial charge in [0.25, 0.3) is 0 Å². The Kier molecular flexibility index (Phi) is 10.1. The van der Waals surface area contributed by atoms with Crippen LogP contribution in [0.5, 0.6) is 0 Å². The molecule has 0 radical (unpaired) electrons. The molecule has 5 aromatic rings. The van der Waals surface area contributed by atoms with Crippen LogP contribution in [0, 0.1) is 11.7 Å². The molecule has 47 heavy (non-hydrogen) atoms. The molecule has 0 aliphatic carbocycles. The highest BCUT2D eigenvalue weighted by Gasteiger charge is 2.53. The van der Waals surface area contributed by atoms with Gasteiger partial charge in [0.15, 0.2) is 5.78 Å². The van der Waals surface area contributed by atoms with E-state index in [1.54, 1.807) is 30.3 Å². The number of benzene rings is 5. The Morgan fingerprint density at radius 3 is 1.79 bits per heavy atom. The molecule has 1 N–H and O–H groups in total. The normalized spacial score (nSPS) is 19.4. The van der Waals surface area contributed by atoms with Crippen molar-refractivity contribution >= 4 is 22.9 Å². The zero-order valence-corrected chi connectivity index (χ0v) is 26.8. The quantitative estimate of drug-likeness (QED) is 0.0798. The molecule has 1 heterocycles. The lowest BCUT2D eigenvalue weighted by Crippen LogP contribution is -2.44. The summed E-state index contributed by atoms with van der Waals surface area (Å²) in [6.07, 6.45) is -0.360. The molecular formula is C41H37FO4S. The van der Waals surface area contributed by atoms with Gasteiger partial charge in [0.05, 0.1) is 19.3 Å². The van der Waals surface area contributed by atoms with Gasteiger partial charge < -0.3 is 14.6 Å². The Morgan fingerprint density at radius 2 is 1.28 bits per heavy atom. The number of rotatable bonds is 13. The molecular weight excluding hydrogens is 608 g/mol. The molecule has 0 amide bonds. The lowest BCUT2D eigenvalue weighted by atomic mass is 9.67. The molecule has 0 bridgehead atoms. The van der Waals surface area contributed by atoms with Crippen LogP contribution < -0.4 is 0 Å². The Morgan fingerprint density at radius 1 is 0.787 bits per heavy atom. The Balaban J connectivity index is 1.36. The number of Topliss-reactive ketones (excluding diaryl/α,β-unsaturated/α-hetero) is 1. The number of carbonyl (C=O) groups is 1. The van der Waals surface area contributed by atoms with Gasteiger partial charge in [-0.2, -0.15) is 0 Å². The second-order valence-electron chi connectivity index (χ2n) is 12.0. The first kappa shape index (κ1) is 32.6. The molecule has 0 saturated carbocycles. The zero-order valence-electron chi connectivity index (χ0n) is 26.0. The predicted octanol–water partition coefficient (Wildman–Crippen LogP) is 8.11. The molecule has 1 fully saturated rings. The minimum Gasteiger partial charge on any atom is -0.396 e. The van der Waals surface area contributed by atoms with Crippen molar-refractivity contribution in [2.45, 2.75) is 30.0 Å². The third-order valence-corrected chi connectivity index (χ3v) is 9.58. The monoisotopic (exact) mass is 644 g/mol. The second kappa shape index (κ2) is 14.6. The number of hydrogen-bond acceptors (Lipinski definition) is 5. The van der Waals surface area contributed by atoms with E-state index in [4.69, 9.17) is 21.7 Å². The van der Waals surface area contributed by atoms with Crippen LogP contribution in [0.3, 0.4) is 0 Å². The van der Waals surface area contributed by atoms with E-state index >= 15 is 4.39 Å². The number of halogens is 1. The SMILES string of the molecule is O=C(CC(=S)C[C@@]1(c2ccccc2F)COC(COC(c2ccccc2)(c2ccccc2)c2ccccc2)[C@H]1CO)c1ccccc1. The van der Waals surface area contributed by atoms with Gasteiger partial charge in [-0.15, -0.1) is 0 Å². The summed E-state index contributed by atoms with van der Waals surface area (Å²) in [4.78, 5) is 13.6. The Bertz CT molecular complexity index is 1690. The number of aliphatic hydroxyl groups is 1. The van der Waals surface area contributed by atoms with Gasteiger partial charge in [0.1, 0.15) is 11.4 Å². The fourth-order valence-electron chi connectivity index (χ4n) is 7.01. The first-order valence-corrected chi connectivity index (χ1v) is 16.3. The van der Waals surface area contributed by atoms with Crippen molar-refractivity contribution in [3.05, 3.63) is 179 Å². The third kappa shape index (κ3) is 6.60. The predicted molar refractivity (Wildman–Crippen MR) is 186 cm³/mol. The molecule has 1 unspecified atom stereocenters. The van der Waals surface area contributed by atoms with Crippen LogP contribution in [0.2, 0.25) is 0 Å². The topological polar surface area (TPSA) is 55.8 Å². The first-order chi connectivity index (χ1) is 23.0. The lowest BCUT2D eigenvalue weighted by molar-refractivity contribution is -0.0603. The van der Waals surface area contributed by atoms with Crippen molar-refractivity contribution in [1.29, 1.82) is 0 Å². The smallest absolute Gasteiger partial charge is 0.167 e. The molecule has 0 spiro atoms. The number of ketones is 1. The van der Waals surface area contributed by atoms with Crippen LogP contribution in [0.25, 0.3) is 0 Å². The Labute approximate surface area is 280 Å². The van der Waals surface area contributed by atoms with Gasteiger partial charge in [-0.1, -0.05) is 152 Å². The first-order valence-electron chi connectivity index (χ1n) is 15.9. The summed E-state index contributed by atoms with van der Waals surface area (Å²) in [6.45, 7) is -0.0652. The van der Waals surface area contributed by atoms with E-state index in [1.807, 2.05) is 109 Å². The van der Waals surface area contributed by atoms with Crippen molar-refractivity contribution in [3.63, 3.8) is 0 Å². The second-order valence-corrected chi connectivity index (χ2v) is 12.6. The van der Waals surface area contributed by atoms with E-state index < -0.39 is 28.9 Å². The highest BCUT2D eigenvalue weighted by atomic mass is 32.1. The number of hydrogen-bond donors (Lipinski definition) is 1. The molecule has 1 saturated heterocycles. The van der Waals surface area contributed by atoms with E-state index in [-0.39, 0.29) is 38.4 Å². The number of aliphatic hydroxyl groups excluding tert-OH is 1. The fraction of sp³-hybridized carbons (Fsp3) is 0.220. The van der Waals surface area contributed by atoms with Crippen LogP contribution in [0.1, 0.15) is 45.5 Å². The summed E-state index contributed by atoms with van der Waals surface area (Å²) in [7, 11) is 0. The van der Waals surface area contributed by atoms with Crippen LogP contribution in [-0.4, -0.2) is 41.7 Å². The van der Waals surface area contributed by atoms with E-state index in [0.717, 1.165) is 16.7 Å². The largest absolute Gasteiger partial charge is 0.396 e. The zero-order chi connectivity index (χ0) is 32.7. The molecule has 5 aromatic carbocycles. The molecule has 4 nitrogen and oxygen atoms in total. The summed E-state index contributed by atoms with van der Waals surface area (Å²) in [6, 6.07) is 45.7. The van der Waals surface area contributed by atoms with Crippen molar-refractivity contribution in [2.75, 3.05) is 19.8 Å². The third-order valence-electron chi connectivity index (χ3n) is 9.29. The van der Waals surface area contributed by atoms with Crippen LogP contribution >= 0.6 is 12.2 Å². The van der Waals surface area contributed by atoms with Crippen LogP contribution in [0.4, 0.5) is 4.39 Å². The molecule has 6 heteroatoms. The maximum absolute atomic E-state index is 15.7. The lowest BCUT2D eigenvalue weighted by Gasteiger charge is -2.38. The van der Waals surface area contributed by atoms with Crippen molar-refractivity contribution < 1.29 is 23.8 Å². The summed E-state index contributed by atoms with van der Waals surface area (Å²) in [5, 5.41) is 11.0. The molecule has 1 aliphatic heterocycles. The van der Waals surface area contributed by atoms with E-state index in [2.05, 4.69) is 0 Å². The van der Waals surface area contributed by atoms with E-state index in [1.165, 1.54) is 6.07 Å². The standard InChI is InChI=1S/C41H37FO4S/c42-37-24-14-13-23-35(37)40(26-34(47)25-38(44)30-15-5-1-6-16-30)29-45-39(36(40)27-43)28-46-41(31-17-7-2-8-18-31,32-19-9-3-10-20-32)33-21-11-4-12-22-33/h1-24,36,39,43H,25-29H2/t36-,39?,40+/m1/s1. The van der Waals surface area contributed by atoms with Gasteiger partial charge in [-0.25, -0.2) is 4.39 Å². The molecule has 238 valence electrons. The highest BCUT2D eigenvalue weighted by molar-refractivity contribution is 7.80. The van der Waals surface area contributed by atoms with Crippen molar-refractivity contribution in [3.8, 4) is 0 Å². The molecule has 0 aromatic heterocycles. The number of ether oxygens (including phenoxy) is 2. The van der Waals surface area contributed by atoms with Gasteiger partial charge >= 0.3 is 0 Å². The van der Waals surface area contributed by atoms with Gasteiger partial charge in [-0.05, 0) is 34.7 Å². The van der Waals surface area contributed by atoms with Gasteiger partial charge in [-0.3, -0.25) is 4.79 Å². The van der Waals surface area contributed by atoms with E-state index in [0.29, 0.717) is 16.0 Å². The highest BCUT2D eigenvalue weighted by Crippen LogP contribution is 2.47. The summed E-state index contributed by atoms with van der Waals surface area (Å²) >= 11 is 5.83. The average Bonchev–Trinajstić information content (AvgIpc) is 3.47. The molecule has 1 aliphatic rings. The molecule has 6 rings (SSSR count). The number of thiocarbonyl (C=S) groups is 1. The van der Waals surface area contributed by atoms with Gasteiger partial charge in [0.2, 0.25) is 0 Å². The van der Waals surface area contributed by atoms with Crippen LogP contribution in [-0.2, 0) is 20.5 Å². The van der Waals surface area contributed by atoms with Crippen LogP contribution in [0.15, 0.2) is 146 Å². The minimum atomic E-state index is -1.00. The summed E-state index contributed by atoms with van der Waals surface area (Å²) in [5.41, 5.74) is 1.81. The molecule has 3 atom stereocenters. The average molecular weight is 645 g/mol. The van der Waals surface area contributed by atoms with E-state index in [9.17, 15) is 9.90 Å². The summed E-state index contributed by atoms with van der Waals surface area (Å²) < 4.78 is 29.2.